The predicted octanol–water partition coefficient (Wildman–Crippen LogP) is 5.35. The van der Waals surface area contributed by atoms with Crippen LogP contribution in [-0.4, -0.2) is 52.7 Å². The summed E-state index contributed by atoms with van der Waals surface area (Å²) in [6.45, 7) is 13.7. The number of piperidine rings is 1. The zero-order valence-electron chi connectivity index (χ0n) is 20.0. The Kier molecular flexibility index (Phi) is 6.01. The van der Waals surface area contributed by atoms with Crippen molar-refractivity contribution < 1.29 is 23.4 Å². The van der Waals surface area contributed by atoms with E-state index in [0.717, 1.165) is 29.5 Å². The maximum Gasteiger partial charge on any atom is 0.410 e. The van der Waals surface area contributed by atoms with E-state index < -0.39 is 11.4 Å². The van der Waals surface area contributed by atoms with Crippen LogP contribution < -0.4 is 0 Å². The number of aryl methyl sites for hydroxylation is 1. The van der Waals surface area contributed by atoms with Gasteiger partial charge in [-0.3, -0.25) is 0 Å². The number of fused-ring (bicyclic) bond motifs is 1. The van der Waals surface area contributed by atoms with Crippen LogP contribution in [0.25, 0.3) is 10.9 Å². The van der Waals surface area contributed by atoms with Crippen LogP contribution in [0.4, 0.5) is 9.18 Å². The lowest BCUT2D eigenvalue weighted by atomic mass is 9.92. The molecule has 0 spiro atoms. The van der Waals surface area contributed by atoms with Gasteiger partial charge in [-0.25, -0.2) is 9.18 Å². The van der Waals surface area contributed by atoms with Gasteiger partial charge in [0.1, 0.15) is 17.5 Å². The van der Waals surface area contributed by atoms with Gasteiger partial charge in [0.15, 0.2) is 5.79 Å². The third-order valence-electron chi connectivity index (χ3n) is 6.25. The molecule has 1 aromatic carbocycles. The molecule has 0 saturated carbocycles. The van der Waals surface area contributed by atoms with E-state index >= 15 is 4.39 Å². The molecule has 2 aliphatic rings. The molecule has 6 nitrogen and oxygen atoms in total. The highest BCUT2D eigenvalue weighted by Gasteiger charge is 2.36. The summed E-state index contributed by atoms with van der Waals surface area (Å²) in [6.07, 6.45) is 1.36. The number of rotatable bonds is 3. The Labute approximate surface area is 189 Å². The molecule has 32 heavy (non-hydrogen) atoms. The number of benzene rings is 1. The van der Waals surface area contributed by atoms with Crippen LogP contribution in [0.15, 0.2) is 18.2 Å². The number of carbonyl (C=O) groups excluding carboxylic acids is 1. The molecule has 0 N–H and O–H groups in total. The number of para-hydroxylation sites is 1. The minimum absolute atomic E-state index is 0.0957. The number of ether oxygens (including phenoxy) is 3. The topological polar surface area (TPSA) is 52.9 Å². The van der Waals surface area contributed by atoms with E-state index in [2.05, 4.69) is 11.5 Å². The van der Waals surface area contributed by atoms with Crippen molar-refractivity contribution in [1.82, 2.24) is 9.47 Å². The Morgan fingerprint density at radius 3 is 2.72 bits per heavy atom. The van der Waals surface area contributed by atoms with E-state index in [9.17, 15) is 4.79 Å². The van der Waals surface area contributed by atoms with E-state index in [-0.39, 0.29) is 23.9 Å². The first-order valence-electron chi connectivity index (χ1n) is 11.5. The average Bonchev–Trinajstić information content (AvgIpc) is 3.18. The normalized spacial score (nSPS) is 23.7. The van der Waals surface area contributed by atoms with Crippen LogP contribution in [0.1, 0.15) is 64.6 Å². The van der Waals surface area contributed by atoms with Crippen molar-refractivity contribution in [1.29, 1.82) is 0 Å². The van der Waals surface area contributed by atoms with Crippen molar-refractivity contribution in [3.8, 4) is 0 Å². The van der Waals surface area contributed by atoms with Gasteiger partial charge in [0.2, 0.25) is 0 Å². The smallest absolute Gasteiger partial charge is 0.410 e. The lowest BCUT2D eigenvalue weighted by molar-refractivity contribution is -0.139. The van der Waals surface area contributed by atoms with E-state index in [1.165, 1.54) is 6.07 Å². The Hall–Kier alpha value is -2.12. The van der Waals surface area contributed by atoms with Gasteiger partial charge in [-0.1, -0.05) is 12.1 Å². The zero-order chi connectivity index (χ0) is 23.3. The second kappa shape index (κ2) is 8.34. The largest absolute Gasteiger partial charge is 0.444 e. The molecule has 1 amide bonds. The maximum absolute atomic E-state index is 15.0. The zero-order valence-corrected chi connectivity index (χ0v) is 20.0. The monoisotopic (exact) mass is 446 g/mol. The molecule has 1 unspecified atom stereocenters. The van der Waals surface area contributed by atoms with E-state index in [4.69, 9.17) is 14.2 Å². The van der Waals surface area contributed by atoms with Gasteiger partial charge >= 0.3 is 6.09 Å². The first kappa shape index (κ1) is 23.1. The average molecular weight is 447 g/mol. The van der Waals surface area contributed by atoms with Gasteiger partial charge in [0, 0.05) is 30.1 Å². The van der Waals surface area contributed by atoms with E-state index in [1.54, 1.807) is 11.0 Å². The van der Waals surface area contributed by atoms with Gasteiger partial charge in [0.05, 0.1) is 18.7 Å². The van der Waals surface area contributed by atoms with Gasteiger partial charge in [-0.15, -0.1) is 0 Å². The Balaban J connectivity index is 1.69. The number of aromatic nitrogens is 1. The molecule has 3 heterocycles. The molecule has 2 aromatic rings. The predicted molar refractivity (Wildman–Crippen MR) is 121 cm³/mol. The van der Waals surface area contributed by atoms with Crippen molar-refractivity contribution >= 4 is 17.0 Å². The minimum atomic E-state index is -0.639. The number of carbonyl (C=O) groups is 1. The fourth-order valence-corrected chi connectivity index (χ4v) is 5.02. The molecule has 2 aliphatic heterocycles. The van der Waals surface area contributed by atoms with Crippen molar-refractivity contribution in [2.24, 2.45) is 0 Å². The molecule has 2 saturated heterocycles. The summed E-state index contributed by atoms with van der Waals surface area (Å²) in [6, 6.07) is 5.23. The number of hydrogen-bond acceptors (Lipinski definition) is 4. The lowest BCUT2D eigenvalue weighted by Gasteiger charge is -2.35. The van der Waals surface area contributed by atoms with Crippen molar-refractivity contribution in [2.75, 3.05) is 19.7 Å². The summed E-state index contributed by atoms with van der Waals surface area (Å²) in [7, 11) is 0. The summed E-state index contributed by atoms with van der Waals surface area (Å²) in [5.74, 6) is -0.784. The first-order chi connectivity index (χ1) is 15.0. The van der Waals surface area contributed by atoms with Gasteiger partial charge in [0.25, 0.3) is 0 Å². The number of hydrogen-bond donors (Lipinski definition) is 0. The molecule has 7 heteroatoms. The second-order valence-electron chi connectivity index (χ2n) is 10.5. The summed E-state index contributed by atoms with van der Waals surface area (Å²) >= 11 is 0. The van der Waals surface area contributed by atoms with Gasteiger partial charge in [-0.05, 0) is 66.0 Å². The summed E-state index contributed by atoms with van der Waals surface area (Å²) in [5.41, 5.74) is 2.20. The molecule has 4 rings (SSSR count). The number of likely N-dealkylation sites (tertiary alicyclic amines) is 1. The lowest BCUT2D eigenvalue weighted by Crippen LogP contribution is -2.42. The third-order valence-corrected chi connectivity index (χ3v) is 6.25. The van der Waals surface area contributed by atoms with E-state index in [0.29, 0.717) is 31.8 Å². The fraction of sp³-hybridized carbons (Fsp3) is 0.640. The Bertz CT molecular complexity index is 1010. The number of amides is 1. The van der Waals surface area contributed by atoms with Gasteiger partial charge < -0.3 is 23.7 Å². The highest BCUT2D eigenvalue weighted by atomic mass is 19.1. The molecule has 176 valence electrons. The summed E-state index contributed by atoms with van der Waals surface area (Å²) < 4.78 is 34.5. The number of nitrogens with zero attached hydrogens (tertiary/aromatic N) is 2. The Morgan fingerprint density at radius 2 is 2.06 bits per heavy atom. The Morgan fingerprint density at radius 1 is 1.31 bits per heavy atom. The fourth-order valence-electron chi connectivity index (χ4n) is 5.02. The highest BCUT2D eigenvalue weighted by Crippen LogP contribution is 2.37. The molecular formula is C25H35FN2O4. The van der Waals surface area contributed by atoms with Crippen LogP contribution >= 0.6 is 0 Å². The maximum atomic E-state index is 15.0. The SMILES string of the molecule is Cc1c(C2CCCN(C(=O)OC(C)(C)C)C2)n(C[C@@H]2COC(C)(C)O2)c2c(F)cccc12. The summed E-state index contributed by atoms with van der Waals surface area (Å²) in [4.78, 5) is 14.5. The van der Waals surface area contributed by atoms with E-state index in [1.807, 2.05) is 40.7 Å². The van der Waals surface area contributed by atoms with Crippen molar-refractivity contribution in [3.05, 3.63) is 35.3 Å². The van der Waals surface area contributed by atoms with Crippen LogP contribution in [0.5, 0.6) is 0 Å². The quantitative estimate of drug-likeness (QED) is 0.637. The molecule has 2 fully saturated rings. The molecule has 0 bridgehead atoms. The van der Waals surface area contributed by atoms with Crippen LogP contribution in [0, 0.1) is 12.7 Å². The third kappa shape index (κ3) is 4.64. The van der Waals surface area contributed by atoms with Crippen LogP contribution in [0.3, 0.4) is 0 Å². The number of halogens is 1. The minimum Gasteiger partial charge on any atom is -0.444 e. The molecule has 0 aliphatic carbocycles. The van der Waals surface area contributed by atoms with Crippen LogP contribution in [0.2, 0.25) is 0 Å². The molecule has 2 atom stereocenters. The molecular weight excluding hydrogens is 411 g/mol. The van der Waals surface area contributed by atoms with Crippen molar-refractivity contribution in [2.45, 2.75) is 84.3 Å². The van der Waals surface area contributed by atoms with Gasteiger partial charge in [-0.2, -0.15) is 0 Å². The van der Waals surface area contributed by atoms with Crippen molar-refractivity contribution in [3.63, 3.8) is 0 Å². The highest BCUT2D eigenvalue weighted by molar-refractivity contribution is 5.86. The summed E-state index contributed by atoms with van der Waals surface area (Å²) in [5, 5.41) is 0.910. The molecule has 1 aromatic heterocycles. The second-order valence-corrected chi connectivity index (χ2v) is 10.5. The van der Waals surface area contributed by atoms with Crippen LogP contribution in [-0.2, 0) is 20.8 Å². The first-order valence-corrected chi connectivity index (χ1v) is 11.5. The standard InChI is InChI=1S/C25H35FN2O4/c1-16-19-10-7-11-20(26)22(19)28(14-18-15-30-25(5,6)31-18)21(16)17-9-8-12-27(13-17)23(29)32-24(2,3)4/h7,10-11,17-18H,8-9,12-15H2,1-6H3/t17?,18-/m1/s1. The molecule has 0 radical (unpaired) electrons.